The summed E-state index contributed by atoms with van der Waals surface area (Å²) < 4.78 is 15.4. The van der Waals surface area contributed by atoms with Gasteiger partial charge in [-0.05, 0) is 95.6 Å². The molecule has 0 saturated heterocycles. The molecule has 12 aromatic rings. The predicted octanol–water partition coefficient (Wildman–Crippen LogP) is 15.4. The Morgan fingerprint density at radius 3 is 1.71 bits per heavy atom. The van der Waals surface area contributed by atoms with Crippen LogP contribution in [0.15, 0.2) is 215 Å². The molecule has 58 heavy (non-hydrogen) atoms. The SMILES string of the molecule is c1ccc(-c2ccc3c(c2)c2ccccc2n3-c2cc(-c3ccc(N(c4ccccc4)c4ccc5c(c4)oc4ccccc45)cc3)c3oc4ccccc4c3c2)cc1. The van der Waals surface area contributed by atoms with Gasteiger partial charge in [-0.3, -0.25) is 0 Å². The van der Waals surface area contributed by atoms with Crippen molar-refractivity contribution in [1.82, 2.24) is 4.57 Å². The highest BCUT2D eigenvalue weighted by molar-refractivity contribution is 6.14. The highest BCUT2D eigenvalue weighted by Gasteiger charge is 2.20. The lowest BCUT2D eigenvalue weighted by molar-refractivity contribution is 0.669. The van der Waals surface area contributed by atoms with Crippen LogP contribution in [-0.4, -0.2) is 4.57 Å². The summed E-state index contributed by atoms with van der Waals surface area (Å²) in [5.41, 5.74) is 14.6. The molecule has 12 rings (SSSR count). The van der Waals surface area contributed by atoms with Gasteiger partial charge in [-0.25, -0.2) is 0 Å². The van der Waals surface area contributed by atoms with Gasteiger partial charge in [0.15, 0.2) is 0 Å². The van der Waals surface area contributed by atoms with Crippen LogP contribution in [0.25, 0.3) is 93.6 Å². The van der Waals surface area contributed by atoms with Crippen LogP contribution in [0.5, 0.6) is 0 Å². The highest BCUT2D eigenvalue weighted by atomic mass is 16.3. The zero-order chi connectivity index (χ0) is 38.2. The fourth-order valence-electron chi connectivity index (χ4n) is 8.88. The van der Waals surface area contributed by atoms with E-state index in [4.69, 9.17) is 8.83 Å². The molecule has 0 radical (unpaired) electrons. The van der Waals surface area contributed by atoms with Crippen molar-refractivity contribution in [2.24, 2.45) is 0 Å². The van der Waals surface area contributed by atoms with Crippen LogP contribution >= 0.6 is 0 Å². The average molecular weight is 743 g/mol. The van der Waals surface area contributed by atoms with Crippen LogP contribution in [0.4, 0.5) is 17.1 Å². The van der Waals surface area contributed by atoms with E-state index in [2.05, 4.69) is 198 Å². The maximum atomic E-state index is 6.70. The summed E-state index contributed by atoms with van der Waals surface area (Å²) in [6.45, 7) is 0. The molecular formula is C54H34N2O2. The van der Waals surface area contributed by atoms with Crippen LogP contribution in [-0.2, 0) is 0 Å². The van der Waals surface area contributed by atoms with Gasteiger partial charge in [-0.2, -0.15) is 0 Å². The van der Waals surface area contributed by atoms with E-state index >= 15 is 0 Å². The number of rotatable bonds is 6. The monoisotopic (exact) mass is 742 g/mol. The Kier molecular flexibility index (Phi) is 7.20. The number of hydrogen-bond acceptors (Lipinski definition) is 3. The third-order valence-electron chi connectivity index (χ3n) is 11.6. The largest absolute Gasteiger partial charge is 0.456 e. The first-order valence-electron chi connectivity index (χ1n) is 19.7. The maximum Gasteiger partial charge on any atom is 0.143 e. The Morgan fingerprint density at radius 1 is 0.328 bits per heavy atom. The number of fused-ring (bicyclic) bond motifs is 9. The maximum absolute atomic E-state index is 6.70. The van der Waals surface area contributed by atoms with Crippen LogP contribution in [0.2, 0.25) is 0 Å². The predicted molar refractivity (Wildman–Crippen MR) is 241 cm³/mol. The van der Waals surface area contributed by atoms with Crippen molar-refractivity contribution in [3.63, 3.8) is 0 Å². The van der Waals surface area contributed by atoms with Crippen molar-refractivity contribution in [1.29, 1.82) is 0 Å². The smallest absolute Gasteiger partial charge is 0.143 e. The van der Waals surface area contributed by atoms with Crippen LogP contribution in [0, 0.1) is 0 Å². The lowest BCUT2D eigenvalue weighted by Crippen LogP contribution is -2.09. The zero-order valence-corrected chi connectivity index (χ0v) is 31.3. The van der Waals surface area contributed by atoms with E-state index in [0.29, 0.717) is 0 Å². The topological polar surface area (TPSA) is 34.5 Å². The van der Waals surface area contributed by atoms with Gasteiger partial charge < -0.3 is 18.3 Å². The fourth-order valence-corrected chi connectivity index (χ4v) is 8.88. The molecule has 3 aromatic heterocycles. The van der Waals surface area contributed by atoms with Gasteiger partial charge in [0.05, 0.1) is 11.0 Å². The summed E-state index contributed by atoms with van der Waals surface area (Å²) in [4.78, 5) is 2.28. The molecule has 0 unspecified atom stereocenters. The Morgan fingerprint density at radius 2 is 0.914 bits per heavy atom. The van der Waals surface area contributed by atoms with E-state index in [1.54, 1.807) is 0 Å². The van der Waals surface area contributed by atoms with Crippen LogP contribution < -0.4 is 4.90 Å². The van der Waals surface area contributed by atoms with Crippen molar-refractivity contribution in [2.45, 2.75) is 0 Å². The minimum atomic E-state index is 0.863. The Bertz CT molecular complexity index is 3500. The van der Waals surface area contributed by atoms with Crippen molar-refractivity contribution in [3.05, 3.63) is 206 Å². The molecule has 0 aliphatic rings. The molecule has 0 amide bonds. The Balaban J connectivity index is 1.03. The minimum absolute atomic E-state index is 0.863. The first kappa shape index (κ1) is 32.4. The molecule has 4 nitrogen and oxygen atoms in total. The number of furan rings is 2. The van der Waals surface area contributed by atoms with E-state index in [-0.39, 0.29) is 0 Å². The number of para-hydroxylation sites is 4. The van der Waals surface area contributed by atoms with Crippen molar-refractivity contribution < 1.29 is 8.83 Å². The average Bonchev–Trinajstić information content (AvgIpc) is 3.96. The summed E-state index contributed by atoms with van der Waals surface area (Å²) in [5.74, 6) is 0. The fraction of sp³-hybridized carbons (Fsp3) is 0. The van der Waals surface area contributed by atoms with E-state index in [0.717, 1.165) is 88.8 Å². The molecule has 272 valence electrons. The van der Waals surface area contributed by atoms with Crippen LogP contribution in [0.3, 0.4) is 0 Å². The molecule has 3 heterocycles. The summed E-state index contributed by atoms with van der Waals surface area (Å²) in [5, 5.41) is 6.86. The van der Waals surface area contributed by atoms with E-state index < -0.39 is 0 Å². The molecule has 0 aliphatic heterocycles. The van der Waals surface area contributed by atoms with Gasteiger partial charge in [-0.15, -0.1) is 0 Å². The highest BCUT2D eigenvalue weighted by Crippen LogP contribution is 2.43. The summed E-state index contributed by atoms with van der Waals surface area (Å²) in [6, 6.07) is 73.2. The number of anilines is 3. The number of aromatic nitrogens is 1. The van der Waals surface area contributed by atoms with Crippen molar-refractivity contribution in [3.8, 4) is 27.9 Å². The first-order valence-corrected chi connectivity index (χ1v) is 19.7. The van der Waals surface area contributed by atoms with E-state index in [1.165, 1.54) is 21.9 Å². The zero-order valence-electron chi connectivity index (χ0n) is 31.3. The summed E-state index contributed by atoms with van der Waals surface area (Å²) >= 11 is 0. The van der Waals surface area contributed by atoms with E-state index in [9.17, 15) is 0 Å². The third-order valence-corrected chi connectivity index (χ3v) is 11.6. The Labute approximate surface area is 334 Å². The second-order valence-corrected chi connectivity index (χ2v) is 14.9. The molecule has 0 fully saturated rings. The molecule has 0 aliphatic carbocycles. The van der Waals surface area contributed by atoms with Gasteiger partial charge in [0.1, 0.15) is 22.3 Å². The molecule has 0 saturated carbocycles. The lowest BCUT2D eigenvalue weighted by Gasteiger charge is -2.25. The molecule has 0 N–H and O–H groups in total. The number of hydrogen-bond donors (Lipinski definition) is 0. The van der Waals surface area contributed by atoms with E-state index in [1.807, 2.05) is 18.2 Å². The number of benzene rings is 9. The quantitative estimate of drug-likeness (QED) is 0.170. The lowest BCUT2D eigenvalue weighted by atomic mass is 10.00. The first-order chi connectivity index (χ1) is 28.7. The van der Waals surface area contributed by atoms with Gasteiger partial charge >= 0.3 is 0 Å². The minimum Gasteiger partial charge on any atom is -0.456 e. The molecular weight excluding hydrogens is 709 g/mol. The normalized spacial score (nSPS) is 11.8. The van der Waals surface area contributed by atoms with Crippen molar-refractivity contribution >= 4 is 82.7 Å². The third kappa shape index (κ3) is 5.09. The van der Waals surface area contributed by atoms with Gasteiger partial charge in [0, 0.05) is 66.7 Å². The molecule has 4 heteroatoms. The van der Waals surface area contributed by atoms with Gasteiger partial charge in [0.25, 0.3) is 0 Å². The standard InChI is InChI=1S/C54H34N2O2/c1-3-13-35(14-4-1)37-25-30-50-47(31-37)42-17-7-10-20-49(42)56(50)41-32-46(54-48(33-41)44-19-9-12-22-52(44)58-54)36-23-26-39(27-24-36)55(38-15-5-2-6-16-38)40-28-29-45-43-18-8-11-21-51(43)57-53(45)34-40/h1-34H. The summed E-state index contributed by atoms with van der Waals surface area (Å²) in [6.07, 6.45) is 0. The molecule has 9 aromatic carbocycles. The van der Waals surface area contributed by atoms with Crippen LogP contribution in [0.1, 0.15) is 0 Å². The van der Waals surface area contributed by atoms with Gasteiger partial charge in [0.2, 0.25) is 0 Å². The second-order valence-electron chi connectivity index (χ2n) is 14.9. The second kappa shape index (κ2) is 12.9. The number of nitrogens with zero attached hydrogens (tertiary/aromatic N) is 2. The Hall–Kier alpha value is -7.82. The van der Waals surface area contributed by atoms with Crippen molar-refractivity contribution in [2.75, 3.05) is 4.90 Å². The molecule has 0 spiro atoms. The molecule has 0 bridgehead atoms. The molecule has 0 atom stereocenters. The summed E-state index contributed by atoms with van der Waals surface area (Å²) in [7, 11) is 0. The van der Waals surface area contributed by atoms with Gasteiger partial charge in [-0.1, -0.05) is 121 Å².